The zero-order valence-corrected chi connectivity index (χ0v) is 21.7. The van der Waals surface area contributed by atoms with E-state index in [1.165, 1.54) is 11.8 Å². The van der Waals surface area contributed by atoms with Gasteiger partial charge >= 0.3 is 0 Å². The van der Waals surface area contributed by atoms with Crippen LogP contribution >= 0.6 is 50.9 Å². The molecule has 0 aromatic heterocycles. The third-order valence-corrected chi connectivity index (χ3v) is 6.64. The number of hydrogen-bond acceptors (Lipinski definition) is 3. The highest BCUT2D eigenvalue weighted by Gasteiger charge is 2.26. The van der Waals surface area contributed by atoms with E-state index in [9.17, 15) is 9.59 Å². The molecule has 1 atom stereocenters. The van der Waals surface area contributed by atoms with Crippen molar-refractivity contribution in [1.29, 1.82) is 0 Å². The van der Waals surface area contributed by atoms with E-state index in [0.29, 0.717) is 34.8 Å². The van der Waals surface area contributed by atoms with E-state index in [-0.39, 0.29) is 17.6 Å². The molecule has 0 unspecified atom stereocenters. The van der Waals surface area contributed by atoms with Crippen molar-refractivity contribution in [3.63, 3.8) is 0 Å². The summed E-state index contributed by atoms with van der Waals surface area (Å²) in [5.74, 6) is 0.921. The highest BCUT2D eigenvalue weighted by Crippen LogP contribution is 2.25. The number of thioether (sulfide) groups is 1. The number of amides is 2. The average Bonchev–Trinajstić information content (AvgIpc) is 2.71. The van der Waals surface area contributed by atoms with Gasteiger partial charge in [0, 0.05) is 33.4 Å². The number of carbonyl (C=O) groups is 2. The van der Waals surface area contributed by atoms with Gasteiger partial charge in [-0.2, -0.15) is 0 Å². The molecule has 0 radical (unpaired) electrons. The third-order valence-electron chi connectivity index (χ3n) is 4.59. The quantitative estimate of drug-likeness (QED) is 0.388. The molecule has 1 N–H and O–H groups in total. The van der Waals surface area contributed by atoms with Crippen LogP contribution in [0.15, 0.2) is 46.9 Å². The van der Waals surface area contributed by atoms with Crippen molar-refractivity contribution < 1.29 is 9.59 Å². The van der Waals surface area contributed by atoms with Crippen molar-refractivity contribution in [2.75, 3.05) is 12.3 Å². The van der Waals surface area contributed by atoms with Crippen LogP contribution in [0.25, 0.3) is 0 Å². The molecule has 31 heavy (non-hydrogen) atoms. The minimum absolute atomic E-state index is 0.0951. The Morgan fingerprint density at radius 1 is 1.13 bits per heavy atom. The Kier molecular flexibility index (Phi) is 10.7. The molecule has 0 aliphatic carbocycles. The van der Waals surface area contributed by atoms with Gasteiger partial charge in [-0.3, -0.25) is 9.59 Å². The van der Waals surface area contributed by atoms with Gasteiger partial charge in [0.25, 0.3) is 0 Å². The normalized spacial score (nSPS) is 12.0. The molecule has 0 aliphatic rings. The molecule has 8 heteroatoms. The summed E-state index contributed by atoms with van der Waals surface area (Å²) >= 11 is 17.1. The van der Waals surface area contributed by atoms with E-state index in [1.807, 2.05) is 44.2 Å². The van der Waals surface area contributed by atoms with Gasteiger partial charge in [0.1, 0.15) is 6.04 Å². The van der Waals surface area contributed by atoms with Gasteiger partial charge in [-0.05, 0) is 48.2 Å². The van der Waals surface area contributed by atoms with Crippen LogP contribution in [0.2, 0.25) is 10.0 Å². The van der Waals surface area contributed by atoms with Gasteiger partial charge in [0.15, 0.2) is 0 Å². The Morgan fingerprint density at radius 2 is 1.87 bits per heavy atom. The molecule has 0 saturated heterocycles. The first kappa shape index (κ1) is 26.0. The summed E-state index contributed by atoms with van der Waals surface area (Å²) in [7, 11) is 0. The lowest BCUT2D eigenvalue weighted by molar-refractivity contribution is -0.138. The maximum Gasteiger partial charge on any atom is 0.242 e. The molecule has 0 aliphatic heterocycles. The van der Waals surface area contributed by atoms with Crippen LogP contribution in [0.1, 0.15) is 31.9 Å². The summed E-state index contributed by atoms with van der Waals surface area (Å²) in [5, 5.41) is 4.09. The van der Waals surface area contributed by atoms with Crippen molar-refractivity contribution in [3.8, 4) is 0 Å². The fourth-order valence-corrected chi connectivity index (χ4v) is 4.75. The highest BCUT2D eigenvalue weighted by atomic mass is 79.9. The number of nitrogens with zero attached hydrogens (tertiary/aromatic N) is 1. The Balaban J connectivity index is 2.08. The van der Waals surface area contributed by atoms with Gasteiger partial charge in [-0.15, -0.1) is 11.8 Å². The largest absolute Gasteiger partial charge is 0.354 e. The maximum atomic E-state index is 13.1. The highest BCUT2D eigenvalue weighted by molar-refractivity contribution is 9.10. The Labute approximate surface area is 207 Å². The van der Waals surface area contributed by atoms with Gasteiger partial charge in [-0.25, -0.2) is 0 Å². The molecule has 2 rings (SSSR count). The Bertz CT molecular complexity index is 911. The van der Waals surface area contributed by atoms with Crippen LogP contribution < -0.4 is 5.32 Å². The third kappa shape index (κ3) is 8.68. The number of carbonyl (C=O) groups excluding carboxylic acids is 2. The monoisotopic (exact) mass is 544 g/mol. The first-order valence-electron chi connectivity index (χ1n) is 10.0. The molecular formula is C23H27BrCl2N2O2S. The van der Waals surface area contributed by atoms with Crippen LogP contribution in [0.5, 0.6) is 0 Å². The fourth-order valence-electron chi connectivity index (χ4n) is 2.84. The zero-order valence-electron chi connectivity index (χ0n) is 17.8. The number of rotatable bonds is 10. The minimum Gasteiger partial charge on any atom is -0.354 e. The number of hydrogen-bond donors (Lipinski definition) is 1. The molecule has 0 saturated carbocycles. The summed E-state index contributed by atoms with van der Waals surface area (Å²) < 4.78 is 0.932. The molecule has 2 aromatic rings. The summed E-state index contributed by atoms with van der Waals surface area (Å²) in [6.45, 7) is 6.77. The molecule has 0 spiro atoms. The van der Waals surface area contributed by atoms with E-state index in [1.54, 1.807) is 24.0 Å². The van der Waals surface area contributed by atoms with Crippen LogP contribution in [0.3, 0.4) is 0 Å². The first-order valence-corrected chi connectivity index (χ1v) is 12.7. The summed E-state index contributed by atoms with van der Waals surface area (Å²) in [4.78, 5) is 27.4. The van der Waals surface area contributed by atoms with Crippen LogP contribution in [0.4, 0.5) is 0 Å². The summed E-state index contributed by atoms with van der Waals surface area (Å²) in [6, 6.07) is 12.5. The predicted octanol–water partition coefficient (Wildman–Crippen LogP) is 6.18. The molecule has 0 heterocycles. The van der Waals surface area contributed by atoms with E-state index in [0.717, 1.165) is 15.6 Å². The molecule has 2 amide bonds. The zero-order chi connectivity index (χ0) is 23.0. The number of nitrogens with one attached hydrogen (secondary N) is 1. The smallest absolute Gasteiger partial charge is 0.242 e. The summed E-state index contributed by atoms with van der Waals surface area (Å²) in [5.41, 5.74) is 1.88. The summed E-state index contributed by atoms with van der Waals surface area (Å²) in [6.07, 6.45) is 0. The molecule has 2 aromatic carbocycles. The van der Waals surface area contributed by atoms with Gasteiger partial charge < -0.3 is 10.2 Å². The van der Waals surface area contributed by atoms with Crippen molar-refractivity contribution >= 4 is 62.7 Å². The standard InChI is InChI=1S/C23H27BrCl2N2O2S/c1-15(2)11-27-23(30)16(3)28(12-17-5-4-6-19(24)9-17)22(29)14-31-13-18-7-8-20(25)10-21(18)26/h4-10,15-16H,11-14H2,1-3H3,(H,27,30)/t16-/m1/s1. The second-order valence-electron chi connectivity index (χ2n) is 7.70. The Hall–Kier alpha value is -1.21. The van der Waals surface area contributed by atoms with E-state index >= 15 is 0 Å². The SMILES string of the molecule is CC(C)CNC(=O)[C@@H](C)N(Cc1cccc(Br)c1)C(=O)CSCc1ccc(Cl)cc1Cl. The van der Waals surface area contributed by atoms with Crippen molar-refractivity contribution in [3.05, 3.63) is 68.1 Å². The fraction of sp³-hybridized carbons (Fsp3) is 0.391. The van der Waals surface area contributed by atoms with E-state index in [2.05, 4.69) is 21.2 Å². The minimum atomic E-state index is -0.579. The lowest BCUT2D eigenvalue weighted by Crippen LogP contribution is -2.48. The van der Waals surface area contributed by atoms with Gasteiger partial charge in [0.05, 0.1) is 5.75 Å². The van der Waals surface area contributed by atoms with Gasteiger partial charge in [-0.1, -0.05) is 71.2 Å². The van der Waals surface area contributed by atoms with Crippen molar-refractivity contribution in [1.82, 2.24) is 10.2 Å². The van der Waals surface area contributed by atoms with E-state index < -0.39 is 6.04 Å². The molecule has 168 valence electrons. The maximum absolute atomic E-state index is 13.1. The second-order valence-corrected chi connectivity index (χ2v) is 10.4. The lowest BCUT2D eigenvalue weighted by Gasteiger charge is -2.29. The van der Waals surface area contributed by atoms with Crippen molar-refractivity contribution in [2.24, 2.45) is 5.92 Å². The molecular weight excluding hydrogens is 519 g/mol. The van der Waals surface area contributed by atoms with Crippen LogP contribution in [-0.4, -0.2) is 35.1 Å². The topological polar surface area (TPSA) is 49.4 Å². The lowest BCUT2D eigenvalue weighted by atomic mass is 10.1. The molecule has 0 bridgehead atoms. The van der Waals surface area contributed by atoms with Crippen molar-refractivity contribution in [2.45, 2.75) is 39.1 Å². The second kappa shape index (κ2) is 12.7. The Morgan fingerprint density at radius 3 is 2.52 bits per heavy atom. The van der Waals surface area contributed by atoms with E-state index in [4.69, 9.17) is 23.2 Å². The molecule has 4 nitrogen and oxygen atoms in total. The molecule has 0 fully saturated rings. The van der Waals surface area contributed by atoms with Crippen LogP contribution in [0, 0.1) is 5.92 Å². The average molecular weight is 546 g/mol. The predicted molar refractivity (Wildman–Crippen MR) is 135 cm³/mol. The first-order chi connectivity index (χ1) is 14.7. The van der Waals surface area contributed by atoms with Gasteiger partial charge in [0.2, 0.25) is 11.8 Å². The number of halogens is 3. The van der Waals surface area contributed by atoms with Crippen LogP contribution in [-0.2, 0) is 21.9 Å². The number of benzene rings is 2.